The molecule has 0 heterocycles. The van der Waals surface area contributed by atoms with Crippen molar-refractivity contribution in [1.82, 2.24) is 0 Å². The van der Waals surface area contributed by atoms with E-state index in [4.69, 9.17) is 0 Å². The van der Waals surface area contributed by atoms with Gasteiger partial charge < -0.3 is 0 Å². The Bertz CT molecular complexity index is 436. The van der Waals surface area contributed by atoms with Gasteiger partial charge in [0.2, 0.25) is 0 Å². The van der Waals surface area contributed by atoms with Gasteiger partial charge in [-0.05, 0) is 110 Å². The second-order valence-corrected chi connectivity index (χ2v) is 12.4. The fourth-order valence-corrected chi connectivity index (χ4v) is 7.82. The Hall–Kier alpha value is 0. The van der Waals surface area contributed by atoms with E-state index in [2.05, 4.69) is 55.4 Å². The molecule has 0 radical (unpaired) electrons. The van der Waals surface area contributed by atoms with Gasteiger partial charge >= 0.3 is 0 Å². The molecule has 0 spiro atoms. The highest BCUT2D eigenvalue weighted by molar-refractivity contribution is 4.90. The highest BCUT2D eigenvalue weighted by Gasteiger charge is 2.40. The predicted molar refractivity (Wildman–Crippen MR) is 124 cm³/mol. The van der Waals surface area contributed by atoms with Gasteiger partial charge in [0.25, 0.3) is 0 Å². The Morgan fingerprint density at radius 3 is 0.929 bits per heavy atom. The van der Waals surface area contributed by atoms with E-state index in [9.17, 15) is 0 Å². The molecule has 3 fully saturated rings. The van der Waals surface area contributed by atoms with Crippen molar-refractivity contribution in [2.75, 3.05) is 0 Å². The average Bonchev–Trinajstić information content (AvgIpc) is 2.68. The molecule has 28 heavy (non-hydrogen) atoms. The lowest BCUT2D eigenvalue weighted by Gasteiger charge is -2.47. The van der Waals surface area contributed by atoms with Crippen LogP contribution in [0.15, 0.2) is 0 Å². The second kappa shape index (κ2) is 9.43. The van der Waals surface area contributed by atoms with Gasteiger partial charge in [0.15, 0.2) is 0 Å². The first-order valence-corrected chi connectivity index (χ1v) is 13.2. The minimum absolute atomic E-state index is 0.931. The van der Waals surface area contributed by atoms with Crippen LogP contribution in [0.25, 0.3) is 0 Å². The van der Waals surface area contributed by atoms with Gasteiger partial charge in [0.05, 0.1) is 0 Å². The Balaban J connectivity index is 1.54. The van der Waals surface area contributed by atoms with E-state index in [0.717, 1.165) is 71.0 Å². The van der Waals surface area contributed by atoms with Crippen LogP contribution >= 0.6 is 0 Å². The van der Waals surface area contributed by atoms with E-state index in [1.165, 1.54) is 51.4 Å². The first-order valence-electron chi connectivity index (χ1n) is 13.2. The summed E-state index contributed by atoms with van der Waals surface area (Å²) in [7, 11) is 0. The molecule has 3 aliphatic carbocycles. The topological polar surface area (TPSA) is 0 Å². The molecule has 0 amide bonds. The average molecular weight is 389 g/mol. The maximum atomic E-state index is 2.62. The summed E-state index contributed by atoms with van der Waals surface area (Å²) in [6.07, 6.45) is 12.1. The molecule has 0 aromatic rings. The molecule has 0 aliphatic heterocycles. The third-order valence-electron chi connectivity index (χ3n) is 11.4. The quantitative estimate of drug-likeness (QED) is 0.451. The number of rotatable bonds is 4. The molecule has 0 heteroatoms. The SMILES string of the molecule is CC1CCC(CC2CCC(CC3CCC(C)C(C)C3C)C(C)C2C)C(C)C1C. The van der Waals surface area contributed by atoms with Crippen LogP contribution in [0.4, 0.5) is 0 Å². The molecular weight excluding hydrogens is 336 g/mol. The standard InChI is InChI=1S/C28H52/c1-17-9-11-25(21(5)19(17)3)15-27-13-14-28(24(8)23(27)7)16-26-12-10-18(2)20(4)22(26)6/h17-28H,9-16H2,1-8H3. The molecule has 3 aliphatic rings. The molecule has 0 nitrogen and oxygen atoms in total. The largest absolute Gasteiger partial charge is 0.0622 e. The van der Waals surface area contributed by atoms with Crippen molar-refractivity contribution < 1.29 is 0 Å². The first kappa shape index (κ1) is 22.7. The molecule has 3 rings (SSSR count). The summed E-state index contributed by atoms with van der Waals surface area (Å²) in [4.78, 5) is 0. The maximum absolute atomic E-state index is 2.62. The van der Waals surface area contributed by atoms with E-state index >= 15 is 0 Å². The fraction of sp³-hybridized carbons (Fsp3) is 1.00. The minimum Gasteiger partial charge on any atom is -0.0622 e. The van der Waals surface area contributed by atoms with Crippen molar-refractivity contribution in [2.24, 2.45) is 71.0 Å². The van der Waals surface area contributed by atoms with Crippen molar-refractivity contribution in [3.63, 3.8) is 0 Å². The summed E-state index contributed by atoms with van der Waals surface area (Å²) in [5.74, 6) is 11.5. The fourth-order valence-electron chi connectivity index (χ4n) is 7.82. The summed E-state index contributed by atoms with van der Waals surface area (Å²) in [6.45, 7) is 20.4. The minimum atomic E-state index is 0.931. The van der Waals surface area contributed by atoms with Crippen LogP contribution in [0.3, 0.4) is 0 Å². The van der Waals surface area contributed by atoms with E-state index in [-0.39, 0.29) is 0 Å². The Labute approximate surface area is 178 Å². The lowest BCUT2D eigenvalue weighted by atomic mass is 9.59. The lowest BCUT2D eigenvalue weighted by Crippen LogP contribution is -2.38. The summed E-state index contributed by atoms with van der Waals surface area (Å²) in [5.41, 5.74) is 0. The predicted octanol–water partition coefficient (Wildman–Crippen LogP) is 8.70. The smallest absolute Gasteiger partial charge is 0.0383 e. The van der Waals surface area contributed by atoms with Crippen molar-refractivity contribution in [3.05, 3.63) is 0 Å². The summed E-state index contributed by atoms with van der Waals surface area (Å²) in [5, 5.41) is 0. The second-order valence-electron chi connectivity index (χ2n) is 12.4. The van der Waals surface area contributed by atoms with Crippen LogP contribution in [-0.2, 0) is 0 Å². The van der Waals surface area contributed by atoms with Crippen molar-refractivity contribution in [3.8, 4) is 0 Å². The molecule has 0 saturated heterocycles. The highest BCUT2D eigenvalue weighted by Crippen LogP contribution is 2.50. The van der Waals surface area contributed by atoms with Gasteiger partial charge in [0.1, 0.15) is 0 Å². The zero-order chi connectivity index (χ0) is 20.6. The Kier molecular flexibility index (Phi) is 7.64. The first-order chi connectivity index (χ1) is 13.2. The van der Waals surface area contributed by atoms with Crippen LogP contribution in [0.2, 0.25) is 0 Å². The number of hydrogen-bond donors (Lipinski definition) is 0. The Morgan fingerprint density at radius 2 is 0.607 bits per heavy atom. The van der Waals surface area contributed by atoms with E-state index in [1.807, 2.05) is 0 Å². The third-order valence-corrected chi connectivity index (χ3v) is 11.4. The zero-order valence-electron chi connectivity index (χ0n) is 20.6. The lowest BCUT2D eigenvalue weighted by molar-refractivity contribution is 0.0318. The summed E-state index contributed by atoms with van der Waals surface area (Å²) >= 11 is 0. The molecular formula is C28H52. The van der Waals surface area contributed by atoms with Crippen LogP contribution < -0.4 is 0 Å². The normalized spacial score (nSPS) is 53.1. The van der Waals surface area contributed by atoms with Gasteiger partial charge in [-0.2, -0.15) is 0 Å². The molecule has 0 aromatic carbocycles. The monoisotopic (exact) mass is 388 g/mol. The van der Waals surface area contributed by atoms with E-state index in [0.29, 0.717) is 0 Å². The molecule has 0 aromatic heterocycles. The van der Waals surface area contributed by atoms with Crippen LogP contribution in [-0.4, -0.2) is 0 Å². The summed E-state index contributed by atoms with van der Waals surface area (Å²) in [6, 6.07) is 0. The van der Waals surface area contributed by atoms with E-state index in [1.54, 1.807) is 0 Å². The maximum Gasteiger partial charge on any atom is -0.0383 e. The molecule has 164 valence electrons. The molecule has 0 bridgehead atoms. The molecule has 12 unspecified atom stereocenters. The molecule has 0 N–H and O–H groups in total. The summed E-state index contributed by atoms with van der Waals surface area (Å²) < 4.78 is 0. The van der Waals surface area contributed by atoms with Crippen LogP contribution in [0.1, 0.15) is 107 Å². The third kappa shape index (κ3) is 4.67. The van der Waals surface area contributed by atoms with Crippen molar-refractivity contribution >= 4 is 0 Å². The molecule has 12 atom stereocenters. The zero-order valence-corrected chi connectivity index (χ0v) is 20.6. The van der Waals surface area contributed by atoms with Crippen LogP contribution in [0, 0.1) is 71.0 Å². The highest BCUT2D eigenvalue weighted by atomic mass is 14.5. The van der Waals surface area contributed by atoms with Gasteiger partial charge in [0, 0.05) is 0 Å². The van der Waals surface area contributed by atoms with Gasteiger partial charge in [-0.3, -0.25) is 0 Å². The molecule has 3 saturated carbocycles. The Morgan fingerprint density at radius 1 is 0.357 bits per heavy atom. The van der Waals surface area contributed by atoms with Crippen molar-refractivity contribution in [1.29, 1.82) is 0 Å². The van der Waals surface area contributed by atoms with Gasteiger partial charge in [-0.15, -0.1) is 0 Å². The number of hydrogen-bond acceptors (Lipinski definition) is 0. The van der Waals surface area contributed by atoms with Gasteiger partial charge in [-0.1, -0.05) is 68.2 Å². The van der Waals surface area contributed by atoms with E-state index < -0.39 is 0 Å². The van der Waals surface area contributed by atoms with Gasteiger partial charge in [-0.25, -0.2) is 0 Å². The van der Waals surface area contributed by atoms with Crippen LogP contribution in [0.5, 0.6) is 0 Å². The van der Waals surface area contributed by atoms with Crippen molar-refractivity contribution in [2.45, 2.75) is 107 Å².